The number of carbonyl (C=O) groups is 2. The molecule has 0 saturated heterocycles. The minimum atomic E-state index is -1.52. The molecule has 0 radical (unpaired) electrons. The molecule has 0 aliphatic heterocycles. The summed E-state index contributed by atoms with van der Waals surface area (Å²) in [5.74, 6) is -7.78. The summed E-state index contributed by atoms with van der Waals surface area (Å²) in [6.45, 7) is -0.136. The van der Waals surface area contributed by atoms with E-state index in [9.17, 15) is 22.8 Å². The molecule has 0 aliphatic rings. The molecule has 0 saturated carbocycles. The van der Waals surface area contributed by atoms with Crippen molar-refractivity contribution in [2.45, 2.75) is 19.1 Å². The maximum atomic E-state index is 13.9. The number of hydrogen-bond donors (Lipinski definition) is 2. The number of aliphatic carboxylic acids is 1. The number of carbonyl (C=O) groups excluding carboxylic acids is 1. The Labute approximate surface area is 147 Å². The largest absolute Gasteiger partial charge is 0.481 e. The van der Waals surface area contributed by atoms with Crippen molar-refractivity contribution in [3.63, 3.8) is 0 Å². The Morgan fingerprint density at radius 1 is 1.04 bits per heavy atom. The molecule has 8 heteroatoms. The molecule has 0 fully saturated rings. The molecule has 5 nitrogen and oxygen atoms in total. The zero-order valence-corrected chi connectivity index (χ0v) is 13.5. The molecule has 26 heavy (non-hydrogen) atoms. The number of hydrogen-bond acceptors (Lipinski definition) is 4. The fourth-order valence-electron chi connectivity index (χ4n) is 2.39. The van der Waals surface area contributed by atoms with Crippen molar-refractivity contribution in [1.29, 1.82) is 0 Å². The van der Waals surface area contributed by atoms with Gasteiger partial charge in [0, 0.05) is 17.7 Å². The van der Waals surface area contributed by atoms with Gasteiger partial charge >= 0.3 is 11.9 Å². The van der Waals surface area contributed by atoms with Gasteiger partial charge in [-0.05, 0) is 11.6 Å². The van der Waals surface area contributed by atoms with Crippen molar-refractivity contribution >= 4 is 11.9 Å². The van der Waals surface area contributed by atoms with E-state index in [0.29, 0.717) is 11.6 Å². The first kappa shape index (κ1) is 19.5. The van der Waals surface area contributed by atoms with Crippen LogP contribution in [0.5, 0.6) is 0 Å². The van der Waals surface area contributed by atoms with Gasteiger partial charge in [-0.1, -0.05) is 30.3 Å². The van der Waals surface area contributed by atoms with Crippen molar-refractivity contribution in [3.8, 4) is 0 Å². The lowest BCUT2D eigenvalue weighted by Crippen LogP contribution is -2.32. The third-order valence-corrected chi connectivity index (χ3v) is 3.75. The van der Waals surface area contributed by atoms with E-state index in [1.807, 2.05) is 0 Å². The monoisotopic (exact) mass is 367 g/mol. The van der Waals surface area contributed by atoms with Gasteiger partial charge < -0.3 is 15.6 Å². The van der Waals surface area contributed by atoms with Crippen LogP contribution in [0.25, 0.3) is 0 Å². The molecule has 0 amide bonds. The summed E-state index contributed by atoms with van der Waals surface area (Å²) in [5.41, 5.74) is 5.93. The minimum Gasteiger partial charge on any atom is -0.481 e. The van der Waals surface area contributed by atoms with Gasteiger partial charge in [0.25, 0.3) is 0 Å². The van der Waals surface area contributed by atoms with E-state index in [4.69, 9.17) is 15.6 Å². The van der Waals surface area contributed by atoms with Crippen LogP contribution < -0.4 is 5.73 Å². The molecule has 2 rings (SSSR count). The second kappa shape index (κ2) is 8.48. The third-order valence-electron chi connectivity index (χ3n) is 3.75. The number of esters is 1. The van der Waals surface area contributed by atoms with E-state index in [1.165, 1.54) is 0 Å². The molecule has 0 bridgehead atoms. The quantitative estimate of drug-likeness (QED) is 0.580. The maximum absolute atomic E-state index is 13.9. The summed E-state index contributed by atoms with van der Waals surface area (Å²) in [4.78, 5) is 23.3. The van der Waals surface area contributed by atoms with Crippen molar-refractivity contribution in [3.05, 3.63) is 71.0 Å². The lowest BCUT2D eigenvalue weighted by atomic mass is 9.90. The Hall–Kier alpha value is -2.87. The smallest absolute Gasteiger partial charge is 0.311 e. The highest BCUT2D eigenvalue weighted by Crippen LogP contribution is 2.28. The number of ether oxygens (including phenoxy) is 1. The van der Waals surface area contributed by atoms with Crippen LogP contribution in [0.1, 0.15) is 23.6 Å². The molecule has 3 N–H and O–H groups in total. The SMILES string of the molecule is NC(c1cc(F)c(F)cc1F)C(CC(=O)O)C(=O)OCc1ccccc1. The van der Waals surface area contributed by atoms with Gasteiger partial charge in [-0.2, -0.15) is 0 Å². The lowest BCUT2D eigenvalue weighted by Gasteiger charge is -2.22. The van der Waals surface area contributed by atoms with Gasteiger partial charge in [0.1, 0.15) is 12.4 Å². The molecule has 0 aliphatic carbocycles. The van der Waals surface area contributed by atoms with Gasteiger partial charge in [0.2, 0.25) is 0 Å². The van der Waals surface area contributed by atoms with E-state index in [-0.39, 0.29) is 12.7 Å². The first-order valence-electron chi connectivity index (χ1n) is 7.62. The van der Waals surface area contributed by atoms with Crippen LogP contribution in [0, 0.1) is 23.4 Å². The van der Waals surface area contributed by atoms with Gasteiger partial charge in [-0.15, -0.1) is 0 Å². The fourth-order valence-corrected chi connectivity index (χ4v) is 2.39. The van der Waals surface area contributed by atoms with Crippen molar-refractivity contribution < 1.29 is 32.6 Å². The predicted molar refractivity (Wildman–Crippen MR) is 85.2 cm³/mol. The van der Waals surface area contributed by atoms with Gasteiger partial charge in [-0.3, -0.25) is 9.59 Å². The average molecular weight is 367 g/mol. The van der Waals surface area contributed by atoms with Crippen LogP contribution in [0.2, 0.25) is 0 Å². The Bertz CT molecular complexity index is 799. The molecule has 2 unspecified atom stereocenters. The van der Waals surface area contributed by atoms with Gasteiger partial charge in [0.05, 0.1) is 12.3 Å². The molecule has 138 valence electrons. The second-order valence-corrected chi connectivity index (χ2v) is 5.61. The Morgan fingerprint density at radius 2 is 1.65 bits per heavy atom. The van der Waals surface area contributed by atoms with Crippen molar-refractivity contribution in [1.82, 2.24) is 0 Å². The first-order valence-corrected chi connectivity index (χ1v) is 7.62. The van der Waals surface area contributed by atoms with Crippen LogP contribution in [0.15, 0.2) is 42.5 Å². The molecule has 2 aromatic carbocycles. The van der Waals surface area contributed by atoms with Crippen molar-refractivity contribution in [2.75, 3.05) is 0 Å². The zero-order chi connectivity index (χ0) is 19.3. The summed E-state index contributed by atoms with van der Waals surface area (Å²) >= 11 is 0. The highest BCUT2D eigenvalue weighted by molar-refractivity contribution is 5.80. The van der Waals surface area contributed by atoms with E-state index < -0.39 is 53.3 Å². The Balaban J connectivity index is 2.21. The van der Waals surface area contributed by atoms with Crippen LogP contribution in [0.4, 0.5) is 13.2 Å². The lowest BCUT2D eigenvalue weighted by molar-refractivity contribution is -0.155. The number of rotatable bonds is 7. The Morgan fingerprint density at radius 3 is 2.27 bits per heavy atom. The average Bonchev–Trinajstić information content (AvgIpc) is 2.61. The van der Waals surface area contributed by atoms with Crippen LogP contribution in [0.3, 0.4) is 0 Å². The molecule has 0 heterocycles. The number of nitrogens with two attached hydrogens (primary N) is 1. The standard InChI is InChI=1S/C18H16F3NO4/c19-13-8-15(21)14(20)6-11(13)17(22)12(7-16(23)24)18(25)26-9-10-4-2-1-3-5-10/h1-6,8,12,17H,7,9,22H2,(H,23,24). The highest BCUT2D eigenvalue weighted by Gasteiger charge is 2.33. The fraction of sp³-hybridized carbons (Fsp3) is 0.222. The normalized spacial score (nSPS) is 13.1. The summed E-state index contributed by atoms with van der Waals surface area (Å²) in [6.07, 6.45) is -0.757. The highest BCUT2D eigenvalue weighted by atomic mass is 19.2. The predicted octanol–water partition coefficient (Wildman–Crippen LogP) is 2.94. The van der Waals surface area contributed by atoms with Gasteiger partial charge in [-0.25, -0.2) is 13.2 Å². The third kappa shape index (κ3) is 4.82. The topological polar surface area (TPSA) is 89.6 Å². The summed E-state index contributed by atoms with van der Waals surface area (Å²) < 4.78 is 45.4. The summed E-state index contributed by atoms with van der Waals surface area (Å²) in [6, 6.07) is 7.86. The zero-order valence-electron chi connectivity index (χ0n) is 13.5. The van der Waals surface area contributed by atoms with Crippen molar-refractivity contribution in [2.24, 2.45) is 11.7 Å². The second-order valence-electron chi connectivity index (χ2n) is 5.61. The molecular formula is C18H16F3NO4. The van der Waals surface area contributed by atoms with E-state index >= 15 is 0 Å². The van der Waals surface area contributed by atoms with E-state index in [2.05, 4.69) is 0 Å². The molecular weight excluding hydrogens is 351 g/mol. The van der Waals surface area contributed by atoms with Gasteiger partial charge in [0.15, 0.2) is 11.6 Å². The number of carboxylic acids is 1. The number of benzene rings is 2. The summed E-state index contributed by atoms with van der Waals surface area (Å²) in [5, 5.41) is 8.99. The number of halogens is 3. The van der Waals surface area contributed by atoms with Crippen LogP contribution >= 0.6 is 0 Å². The molecule has 0 spiro atoms. The molecule has 2 aromatic rings. The Kier molecular flexibility index (Phi) is 6.35. The molecule has 2 atom stereocenters. The first-order chi connectivity index (χ1) is 12.3. The van der Waals surface area contributed by atoms with Crippen LogP contribution in [-0.2, 0) is 20.9 Å². The minimum absolute atomic E-state index is 0.136. The van der Waals surface area contributed by atoms with Crippen LogP contribution in [-0.4, -0.2) is 17.0 Å². The van der Waals surface area contributed by atoms with E-state index in [0.717, 1.165) is 0 Å². The number of carboxylic acid groups (broad SMARTS) is 1. The molecule has 0 aromatic heterocycles. The maximum Gasteiger partial charge on any atom is 0.311 e. The summed E-state index contributed by atoms with van der Waals surface area (Å²) in [7, 11) is 0. The van der Waals surface area contributed by atoms with E-state index in [1.54, 1.807) is 30.3 Å².